The summed E-state index contributed by atoms with van der Waals surface area (Å²) >= 11 is 8.21. The summed E-state index contributed by atoms with van der Waals surface area (Å²) in [4.78, 5) is 0. The highest BCUT2D eigenvalue weighted by molar-refractivity contribution is 7.81. The Morgan fingerprint density at radius 2 is 2.25 bits per heavy atom. The molecular formula is C6H12S2. The first-order chi connectivity index (χ1) is 3.77. The van der Waals surface area contributed by atoms with E-state index in [-0.39, 0.29) is 0 Å². The Hall–Kier alpha value is 0.440. The Labute approximate surface area is 62.2 Å². The van der Waals surface area contributed by atoms with Gasteiger partial charge in [0.2, 0.25) is 0 Å². The fourth-order valence-corrected chi connectivity index (χ4v) is 0.638. The van der Waals surface area contributed by atoms with Crippen LogP contribution in [0.2, 0.25) is 0 Å². The molecule has 0 aliphatic carbocycles. The molecule has 0 aromatic rings. The maximum atomic E-state index is 4.16. The van der Waals surface area contributed by atoms with Gasteiger partial charge in [-0.05, 0) is 12.2 Å². The molecule has 8 heavy (non-hydrogen) atoms. The van der Waals surface area contributed by atoms with E-state index in [1.807, 2.05) is 6.92 Å². The number of allylic oxidation sites excluding steroid dienone is 1. The first-order valence-corrected chi connectivity index (χ1v) is 3.88. The number of hydrogen-bond acceptors (Lipinski definition) is 2. The molecule has 2 heteroatoms. The summed E-state index contributed by atoms with van der Waals surface area (Å²) in [6, 6.07) is 0. The topological polar surface area (TPSA) is 0 Å². The third-order valence-corrected chi connectivity index (χ3v) is 1.14. The Morgan fingerprint density at radius 3 is 2.62 bits per heavy atom. The summed E-state index contributed by atoms with van der Waals surface area (Å²) in [6.07, 6.45) is 5.22. The lowest BCUT2D eigenvalue weighted by Gasteiger charge is -1.89. The minimum Gasteiger partial charge on any atom is -0.179 e. The van der Waals surface area contributed by atoms with E-state index in [2.05, 4.69) is 37.4 Å². The average molecular weight is 148 g/mol. The molecule has 0 N–H and O–H groups in total. The molecule has 0 bridgehead atoms. The molecule has 0 heterocycles. The monoisotopic (exact) mass is 148 g/mol. The summed E-state index contributed by atoms with van der Waals surface area (Å²) in [7, 11) is 0. The van der Waals surface area contributed by atoms with Gasteiger partial charge in [-0.25, -0.2) is 0 Å². The minimum atomic E-state index is 0.384. The van der Waals surface area contributed by atoms with Crippen LogP contribution >= 0.6 is 25.3 Å². The van der Waals surface area contributed by atoms with Gasteiger partial charge >= 0.3 is 0 Å². The zero-order valence-electron chi connectivity index (χ0n) is 5.04. The molecule has 0 radical (unpaired) electrons. The molecule has 0 aromatic carbocycles. The third kappa shape index (κ3) is 6.44. The van der Waals surface area contributed by atoms with Crippen molar-refractivity contribution in [3.8, 4) is 0 Å². The van der Waals surface area contributed by atoms with E-state index in [0.29, 0.717) is 5.25 Å². The van der Waals surface area contributed by atoms with E-state index in [1.54, 1.807) is 0 Å². The van der Waals surface area contributed by atoms with E-state index in [4.69, 9.17) is 0 Å². The zero-order chi connectivity index (χ0) is 6.41. The van der Waals surface area contributed by atoms with Crippen LogP contribution in [0.25, 0.3) is 0 Å². The maximum Gasteiger partial charge on any atom is 0.0168 e. The Morgan fingerprint density at radius 1 is 1.62 bits per heavy atom. The van der Waals surface area contributed by atoms with Crippen LogP contribution in [0.1, 0.15) is 13.3 Å². The van der Waals surface area contributed by atoms with Crippen LogP contribution in [-0.4, -0.2) is 11.0 Å². The van der Waals surface area contributed by atoms with Crippen LogP contribution in [0.4, 0.5) is 0 Å². The molecule has 0 fully saturated rings. The standard InChI is InChI=1S/C6H12S2/c1-6(8)4-2-3-5-7/h2,4,6-8H,3,5H2,1H3. The fourth-order valence-electron chi connectivity index (χ4n) is 0.368. The molecule has 0 aliphatic rings. The van der Waals surface area contributed by atoms with Crippen molar-refractivity contribution >= 4 is 25.3 Å². The highest BCUT2D eigenvalue weighted by Crippen LogP contribution is 1.95. The summed E-state index contributed by atoms with van der Waals surface area (Å²) in [5.41, 5.74) is 0. The summed E-state index contributed by atoms with van der Waals surface area (Å²) in [6.45, 7) is 2.04. The van der Waals surface area contributed by atoms with Gasteiger partial charge in [-0.3, -0.25) is 0 Å². The Bertz CT molecular complexity index is 66.9. The molecule has 1 unspecified atom stereocenters. The molecule has 0 saturated carbocycles. The second-order valence-corrected chi connectivity index (χ2v) is 2.94. The summed E-state index contributed by atoms with van der Waals surface area (Å²) < 4.78 is 0. The molecule has 0 amide bonds. The molecule has 1 atom stereocenters. The first-order valence-electron chi connectivity index (χ1n) is 2.73. The summed E-state index contributed by atoms with van der Waals surface area (Å²) in [5.74, 6) is 0.928. The predicted octanol–water partition coefficient (Wildman–Crippen LogP) is 2.18. The third-order valence-electron chi connectivity index (χ3n) is 0.710. The van der Waals surface area contributed by atoms with Crippen LogP contribution in [-0.2, 0) is 0 Å². The van der Waals surface area contributed by atoms with E-state index >= 15 is 0 Å². The van der Waals surface area contributed by atoms with Crippen molar-refractivity contribution in [2.45, 2.75) is 18.6 Å². The second-order valence-electron chi connectivity index (χ2n) is 1.68. The lowest BCUT2D eigenvalue weighted by atomic mass is 10.3. The molecular weight excluding hydrogens is 136 g/mol. The van der Waals surface area contributed by atoms with Crippen LogP contribution < -0.4 is 0 Å². The van der Waals surface area contributed by atoms with Gasteiger partial charge in [0, 0.05) is 5.25 Å². The first kappa shape index (κ1) is 8.44. The van der Waals surface area contributed by atoms with Crippen molar-refractivity contribution in [3.63, 3.8) is 0 Å². The van der Waals surface area contributed by atoms with E-state index < -0.39 is 0 Å². The van der Waals surface area contributed by atoms with Gasteiger partial charge in [0.15, 0.2) is 0 Å². The Balaban J connectivity index is 3.07. The molecule has 0 spiro atoms. The minimum absolute atomic E-state index is 0.384. The molecule has 48 valence electrons. The molecule has 0 aromatic heterocycles. The zero-order valence-corrected chi connectivity index (χ0v) is 6.83. The molecule has 0 saturated heterocycles. The summed E-state index contributed by atoms with van der Waals surface area (Å²) in [5, 5.41) is 0.384. The van der Waals surface area contributed by atoms with Crippen molar-refractivity contribution < 1.29 is 0 Å². The van der Waals surface area contributed by atoms with Crippen LogP contribution in [0, 0.1) is 0 Å². The lowest BCUT2D eigenvalue weighted by molar-refractivity contribution is 1.19. The van der Waals surface area contributed by atoms with Crippen LogP contribution in [0.5, 0.6) is 0 Å². The molecule has 0 rings (SSSR count). The average Bonchev–Trinajstić information content (AvgIpc) is 1.66. The van der Waals surface area contributed by atoms with Crippen LogP contribution in [0.15, 0.2) is 12.2 Å². The van der Waals surface area contributed by atoms with E-state index in [9.17, 15) is 0 Å². The smallest absolute Gasteiger partial charge is 0.0168 e. The van der Waals surface area contributed by atoms with Gasteiger partial charge in [0.05, 0.1) is 0 Å². The molecule has 0 nitrogen and oxygen atoms in total. The van der Waals surface area contributed by atoms with Crippen molar-refractivity contribution in [2.24, 2.45) is 0 Å². The largest absolute Gasteiger partial charge is 0.179 e. The van der Waals surface area contributed by atoms with Gasteiger partial charge in [-0.2, -0.15) is 25.3 Å². The van der Waals surface area contributed by atoms with Gasteiger partial charge in [0.1, 0.15) is 0 Å². The van der Waals surface area contributed by atoms with E-state index in [1.165, 1.54) is 0 Å². The highest BCUT2D eigenvalue weighted by atomic mass is 32.1. The maximum absolute atomic E-state index is 4.16. The lowest BCUT2D eigenvalue weighted by Crippen LogP contribution is -1.80. The fraction of sp³-hybridized carbons (Fsp3) is 0.667. The van der Waals surface area contributed by atoms with Crippen molar-refractivity contribution in [1.82, 2.24) is 0 Å². The van der Waals surface area contributed by atoms with E-state index in [0.717, 1.165) is 12.2 Å². The van der Waals surface area contributed by atoms with Gasteiger partial charge in [0.25, 0.3) is 0 Å². The van der Waals surface area contributed by atoms with Crippen molar-refractivity contribution in [3.05, 3.63) is 12.2 Å². The number of hydrogen-bond donors (Lipinski definition) is 2. The van der Waals surface area contributed by atoms with Gasteiger partial charge < -0.3 is 0 Å². The Kier molecular flexibility index (Phi) is 5.88. The van der Waals surface area contributed by atoms with Gasteiger partial charge in [-0.15, -0.1) is 0 Å². The second kappa shape index (κ2) is 5.57. The quantitative estimate of drug-likeness (QED) is 0.445. The van der Waals surface area contributed by atoms with Crippen molar-refractivity contribution in [1.29, 1.82) is 0 Å². The highest BCUT2D eigenvalue weighted by Gasteiger charge is 1.81. The van der Waals surface area contributed by atoms with Crippen molar-refractivity contribution in [2.75, 3.05) is 5.75 Å². The number of thiol groups is 2. The number of rotatable bonds is 3. The molecule has 0 aliphatic heterocycles. The predicted molar refractivity (Wildman–Crippen MR) is 46.1 cm³/mol. The van der Waals surface area contributed by atoms with Crippen LogP contribution in [0.3, 0.4) is 0 Å². The normalized spacial score (nSPS) is 14.9. The SMILES string of the molecule is CC(S)C=CCCS. The van der Waals surface area contributed by atoms with Gasteiger partial charge in [-0.1, -0.05) is 19.1 Å².